The number of carbonyl (C=O) groups is 1. The van der Waals surface area contributed by atoms with E-state index in [1.54, 1.807) is 0 Å². The molecule has 0 aliphatic carbocycles. The molecule has 7 nitrogen and oxygen atoms in total. The predicted molar refractivity (Wildman–Crippen MR) is 98.8 cm³/mol. The van der Waals surface area contributed by atoms with Crippen molar-refractivity contribution in [1.82, 2.24) is 14.9 Å². The molecule has 11 heteroatoms. The number of fused-ring (bicyclic) bond motifs is 1. The van der Waals surface area contributed by atoms with Crippen LogP contribution in [0.1, 0.15) is 18.2 Å². The van der Waals surface area contributed by atoms with Crippen LogP contribution in [-0.4, -0.2) is 71.5 Å². The molecule has 3 heterocycles. The van der Waals surface area contributed by atoms with Crippen molar-refractivity contribution < 1.29 is 27.8 Å². The van der Waals surface area contributed by atoms with E-state index in [4.69, 9.17) is 9.84 Å². The Bertz CT molecular complexity index is 835. The van der Waals surface area contributed by atoms with Gasteiger partial charge in [-0.1, -0.05) is 6.92 Å². The minimum atomic E-state index is -4.50. The number of carbonyl (C=O) groups excluding carboxylic acids is 1. The first-order chi connectivity index (χ1) is 13.3. The lowest BCUT2D eigenvalue weighted by atomic mass is 10.2. The summed E-state index contributed by atoms with van der Waals surface area (Å²) in [4.78, 5) is 25.7. The minimum Gasteiger partial charge on any atom is -0.461 e. The van der Waals surface area contributed by atoms with E-state index in [0.717, 1.165) is 21.5 Å². The molecular formula is C17H21F3N4O3S. The van der Waals surface area contributed by atoms with Crippen LogP contribution < -0.4 is 9.64 Å². The summed E-state index contributed by atoms with van der Waals surface area (Å²) in [5.41, 5.74) is 0. The smallest absolute Gasteiger partial charge is 0.397 e. The fourth-order valence-electron chi connectivity index (χ4n) is 3.00. The highest BCUT2D eigenvalue weighted by atomic mass is 32.1. The molecule has 1 aliphatic rings. The molecular weight excluding hydrogens is 397 g/mol. The Hall–Kier alpha value is -2.14. The van der Waals surface area contributed by atoms with Gasteiger partial charge < -0.3 is 19.6 Å². The Kier molecular flexibility index (Phi) is 6.23. The number of thiophene rings is 1. The topological polar surface area (TPSA) is 78.8 Å². The van der Waals surface area contributed by atoms with Gasteiger partial charge in [-0.15, -0.1) is 11.3 Å². The van der Waals surface area contributed by atoms with E-state index >= 15 is 0 Å². The van der Waals surface area contributed by atoms with Gasteiger partial charge >= 0.3 is 12.2 Å². The summed E-state index contributed by atoms with van der Waals surface area (Å²) < 4.78 is 42.7. The third-order valence-electron chi connectivity index (χ3n) is 4.36. The summed E-state index contributed by atoms with van der Waals surface area (Å²) in [5.74, 6) is -0.271. The van der Waals surface area contributed by atoms with Gasteiger partial charge in [0.15, 0.2) is 0 Å². The second-order valence-corrected chi connectivity index (χ2v) is 7.46. The highest BCUT2D eigenvalue weighted by molar-refractivity contribution is 7.18. The molecule has 1 saturated heterocycles. The maximum absolute atomic E-state index is 12.5. The van der Waals surface area contributed by atoms with E-state index in [1.165, 1.54) is 16.2 Å². The van der Waals surface area contributed by atoms with Crippen LogP contribution in [0.4, 0.5) is 19.0 Å². The molecule has 0 unspecified atom stereocenters. The molecule has 28 heavy (non-hydrogen) atoms. The number of nitrogens with zero attached hydrogens (tertiary/aromatic N) is 4. The predicted octanol–water partition coefficient (Wildman–Crippen LogP) is 2.23. The number of amides is 1. The number of anilines is 1. The third kappa shape index (κ3) is 4.82. The zero-order chi connectivity index (χ0) is 20.3. The Morgan fingerprint density at radius 3 is 2.61 bits per heavy atom. The third-order valence-corrected chi connectivity index (χ3v) is 5.53. The van der Waals surface area contributed by atoms with Crippen molar-refractivity contribution >= 4 is 33.3 Å². The normalized spacial score (nSPS) is 15.3. The Balaban J connectivity index is 1.79. The van der Waals surface area contributed by atoms with Crippen molar-refractivity contribution in [3.63, 3.8) is 0 Å². The molecule has 154 valence electrons. The first-order valence-electron chi connectivity index (χ1n) is 8.94. The molecule has 3 rings (SSSR count). The van der Waals surface area contributed by atoms with Gasteiger partial charge in [-0.3, -0.25) is 4.79 Å². The lowest BCUT2D eigenvalue weighted by Gasteiger charge is -2.35. The second-order valence-electron chi connectivity index (χ2n) is 6.35. The van der Waals surface area contributed by atoms with Crippen molar-refractivity contribution in [2.45, 2.75) is 25.9 Å². The summed E-state index contributed by atoms with van der Waals surface area (Å²) in [7, 11) is 0. The summed E-state index contributed by atoms with van der Waals surface area (Å²) in [6.07, 6.45) is -5.10. The first-order valence-corrected chi connectivity index (χ1v) is 9.76. The lowest BCUT2D eigenvalue weighted by Crippen LogP contribution is -2.49. The van der Waals surface area contributed by atoms with Gasteiger partial charge in [-0.05, 0) is 12.5 Å². The van der Waals surface area contributed by atoms with Gasteiger partial charge in [0.1, 0.15) is 23.7 Å². The number of hydrogen-bond acceptors (Lipinski definition) is 7. The Morgan fingerprint density at radius 1 is 1.29 bits per heavy atom. The van der Waals surface area contributed by atoms with Gasteiger partial charge in [-0.25, -0.2) is 0 Å². The molecule has 0 saturated carbocycles. The van der Waals surface area contributed by atoms with E-state index in [-0.39, 0.29) is 32.3 Å². The van der Waals surface area contributed by atoms with Gasteiger partial charge in [0.25, 0.3) is 0 Å². The van der Waals surface area contributed by atoms with Crippen LogP contribution in [0, 0.1) is 0 Å². The first kappa shape index (κ1) is 20.6. The zero-order valence-electron chi connectivity index (χ0n) is 15.3. The summed E-state index contributed by atoms with van der Waals surface area (Å²) in [5, 5.41) is 9.81. The van der Waals surface area contributed by atoms with Crippen molar-refractivity contribution in [3.8, 4) is 6.01 Å². The van der Waals surface area contributed by atoms with Crippen LogP contribution in [0.25, 0.3) is 10.2 Å². The van der Waals surface area contributed by atoms with E-state index in [9.17, 15) is 18.0 Å². The standard InChI is InChI=1S/C17H21F3N4O3S/c1-2-11-9-12-14(21-16(27-8-7-25)22-15(12)28-11)24-5-3-23(4-6-24)13(26)10-17(18,19)20/h9,25H,2-8,10H2,1H3. The van der Waals surface area contributed by atoms with Gasteiger partial charge in [0.05, 0.1) is 12.0 Å². The second kappa shape index (κ2) is 8.48. The molecule has 0 radical (unpaired) electrons. The van der Waals surface area contributed by atoms with Crippen molar-refractivity contribution in [2.75, 3.05) is 44.3 Å². The highest BCUT2D eigenvalue weighted by Crippen LogP contribution is 2.33. The van der Waals surface area contributed by atoms with Gasteiger partial charge in [-0.2, -0.15) is 23.1 Å². The Morgan fingerprint density at radius 2 is 2.00 bits per heavy atom. The van der Waals surface area contributed by atoms with Crippen molar-refractivity contribution in [1.29, 1.82) is 0 Å². The fraction of sp³-hybridized carbons (Fsp3) is 0.588. The number of rotatable bonds is 6. The Labute approximate surface area is 163 Å². The quantitative estimate of drug-likeness (QED) is 0.775. The van der Waals surface area contributed by atoms with Crippen molar-refractivity contribution in [2.24, 2.45) is 0 Å². The number of aromatic nitrogens is 2. The molecule has 1 amide bonds. The van der Waals surface area contributed by atoms with Crippen LogP contribution in [0.2, 0.25) is 0 Å². The molecule has 1 fully saturated rings. The largest absolute Gasteiger partial charge is 0.461 e. The molecule has 0 aromatic carbocycles. The monoisotopic (exact) mass is 418 g/mol. The minimum absolute atomic E-state index is 0.0661. The van der Waals surface area contributed by atoms with E-state index in [0.29, 0.717) is 18.9 Å². The van der Waals surface area contributed by atoms with Crippen LogP contribution in [0.5, 0.6) is 6.01 Å². The van der Waals surface area contributed by atoms with E-state index < -0.39 is 18.5 Å². The average molecular weight is 418 g/mol. The molecule has 1 N–H and O–H groups in total. The molecule has 0 atom stereocenters. The maximum atomic E-state index is 12.5. The number of ether oxygens (including phenoxy) is 1. The SMILES string of the molecule is CCc1cc2c(N3CCN(C(=O)CC(F)(F)F)CC3)nc(OCCO)nc2s1. The van der Waals surface area contributed by atoms with Crippen molar-refractivity contribution in [3.05, 3.63) is 10.9 Å². The molecule has 0 spiro atoms. The molecule has 2 aromatic heterocycles. The van der Waals surface area contributed by atoms with Crippen LogP contribution in [-0.2, 0) is 11.2 Å². The van der Waals surface area contributed by atoms with Crippen LogP contribution in [0.3, 0.4) is 0 Å². The van der Waals surface area contributed by atoms with E-state index in [1.807, 2.05) is 17.9 Å². The summed E-state index contributed by atoms with van der Waals surface area (Å²) in [6.45, 7) is 3.05. The summed E-state index contributed by atoms with van der Waals surface area (Å²) >= 11 is 1.53. The van der Waals surface area contributed by atoms with Crippen LogP contribution >= 0.6 is 11.3 Å². The number of aliphatic hydroxyl groups is 1. The number of hydrogen-bond donors (Lipinski definition) is 1. The lowest BCUT2D eigenvalue weighted by molar-refractivity contribution is -0.161. The summed E-state index contributed by atoms with van der Waals surface area (Å²) in [6, 6.07) is 2.16. The van der Waals surface area contributed by atoms with Gasteiger partial charge in [0, 0.05) is 31.1 Å². The molecule has 1 aliphatic heterocycles. The highest BCUT2D eigenvalue weighted by Gasteiger charge is 2.34. The van der Waals surface area contributed by atoms with E-state index in [2.05, 4.69) is 9.97 Å². The number of aryl methyl sites for hydroxylation is 1. The zero-order valence-corrected chi connectivity index (χ0v) is 16.1. The number of aliphatic hydroxyl groups excluding tert-OH is 1. The number of alkyl halides is 3. The average Bonchev–Trinajstić information content (AvgIpc) is 3.07. The molecule has 0 bridgehead atoms. The van der Waals surface area contributed by atoms with Crippen LogP contribution in [0.15, 0.2) is 6.07 Å². The molecule has 2 aromatic rings. The number of piperazine rings is 1. The number of halogens is 3. The maximum Gasteiger partial charge on any atom is 0.397 e. The fourth-order valence-corrected chi connectivity index (χ4v) is 3.96. The van der Waals surface area contributed by atoms with Gasteiger partial charge in [0.2, 0.25) is 5.91 Å².